The van der Waals surface area contributed by atoms with E-state index >= 15 is 0 Å². The number of nitrogens with one attached hydrogen (secondary N) is 1. The Bertz CT molecular complexity index is 178. The molecule has 0 fully saturated rings. The number of carbonyl (C=O) groups excluding carboxylic acids is 1. The third-order valence-electron chi connectivity index (χ3n) is 2.65. The van der Waals surface area contributed by atoms with E-state index in [0.717, 1.165) is 19.4 Å². The van der Waals surface area contributed by atoms with Gasteiger partial charge in [-0.3, -0.25) is 4.79 Å². The summed E-state index contributed by atoms with van der Waals surface area (Å²) >= 11 is 3.64. The van der Waals surface area contributed by atoms with Crippen LogP contribution in [0.3, 0.4) is 0 Å². The van der Waals surface area contributed by atoms with Crippen LogP contribution in [-0.2, 0) is 4.79 Å². The van der Waals surface area contributed by atoms with Crippen molar-refractivity contribution < 1.29 is 4.79 Å². The van der Waals surface area contributed by atoms with Gasteiger partial charge in [0.2, 0.25) is 5.91 Å². The van der Waals surface area contributed by atoms with E-state index in [9.17, 15) is 4.79 Å². The average molecular weight is 278 g/mol. The van der Waals surface area contributed by atoms with Crippen LogP contribution in [0.25, 0.3) is 0 Å². The maximum absolute atomic E-state index is 11.4. The van der Waals surface area contributed by atoms with Gasteiger partial charge in [-0.05, 0) is 11.8 Å². The Kier molecular flexibility index (Phi) is 8.12. The van der Waals surface area contributed by atoms with Crippen molar-refractivity contribution in [3.8, 4) is 0 Å². The van der Waals surface area contributed by atoms with E-state index in [1.54, 1.807) is 0 Å². The maximum atomic E-state index is 11.4. The molecule has 0 saturated heterocycles. The standard InChI is InChI=1S/C12H24BrNO/c1-5-10(6-2)11(13)8-14-12(15)7-9(3)4/h9-11H,5-8H2,1-4H3,(H,14,15). The highest BCUT2D eigenvalue weighted by Crippen LogP contribution is 2.19. The van der Waals surface area contributed by atoms with Crippen molar-refractivity contribution in [3.05, 3.63) is 0 Å². The number of hydrogen-bond donors (Lipinski definition) is 1. The molecule has 2 nitrogen and oxygen atoms in total. The average Bonchev–Trinajstić information content (AvgIpc) is 2.15. The van der Waals surface area contributed by atoms with Gasteiger partial charge in [0.1, 0.15) is 0 Å². The lowest BCUT2D eigenvalue weighted by atomic mass is 9.99. The van der Waals surface area contributed by atoms with Gasteiger partial charge in [-0.15, -0.1) is 0 Å². The van der Waals surface area contributed by atoms with Crippen molar-refractivity contribution in [2.75, 3.05) is 6.54 Å². The minimum Gasteiger partial charge on any atom is -0.355 e. The molecule has 0 aliphatic heterocycles. The van der Waals surface area contributed by atoms with Crippen molar-refractivity contribution in [1.29, 1.82) is 0 Å². The van der Waals surface area contributed by atoms with Gasteiger partial charge in [0, 0.05) is 17.8 Å². The molecule has 0 rings (SSSR count). The largest absolute Gasteiger partial charge is 0.355 e. The van der Waals surface area contributed by atoms with Crippen LogP contribution >= 0.6 is 15.9 Å². The zero-order valence-corrected chi connectivity index (χ0v) is 11.9. The van der Waals surface area contributed by atoms with E-state index in [1.807, 2.05) is 0 Å². The van der Waals surface area contributed by atoms with Crippen molar-refractivity contribution in [2.24, 2.45) is 11.8 Å². The van der Waals surface area contributed by atoms with Gasteiger partial charge in [0.05, 0.1) is 0 Å². The molecule has 1 amide bonds. The second kappa shape index (κ2) is 8.14. The molecule has 0 radical (unpaired) electrons. The van der Waals surface area contributed by atoms with E-state index < -0.39 is 0 Å². The molecule has 0 spiro atoms. The fourth-order valence-corrected chi connectivity index (χ4v) is 2.53. The van der Waals surface area contributed by atoms with Crippen LogP contribution < -0.4 is 5.32 Å². The molecular weight excluding hydrogens is 254 g/mol. The predicted octanol–water partition coefficient (Wildman–Crippen LogP) is 3.35. The molecule has 0 aliphatic carbocycles. The Balaban J connectivity index is 3.78. The third-order valence-corrected chi connectivity index (χ3v) is 3.72. The van der Waals surface area contributed by atoms with Gasteiger partial charge in [0.25, 0.3) is 0 Å². The summed E-state index contributed by atoms with van der Waals surface area (Å²) in [6.45, 7) is 9.26. The van der Waals surface area contributed by atoms with Crippen LogP contribution in [0, 0.1) is 11.8 Å². The van der Waals surface area contributed by atoms with Crippen LogP contribution in [0.1, 0.15) is 47.0 Å². The minimum atomic E-state index is 0.167. The number of halogens is 1. The molecule has 0 aliphatic rings. The molecule has 1 atom stereocenters. The quantitative estimate of drug-likeness (QED) is 0.711. The molecule has 0 aromatic rings. The molecule has 1 unspecified atom stereocenters. The summed E-state index contributed by atoms with van der Waals surface area (Å²) < 4.78 is 0. The molecule has 1 N–H and O–H groups in total. The Hall–Kier alpha value is -0.0500. The summed E-state index contributed by atoms with van der Waals surface area (Å²) in [7, 11) is 0. The second-order valence-corrected chi connectivity index (χ2v) is 5.67. The number of alkyl halides is 1. The molecular formula is C12H24BrNO. The highest BCUT2D eigenvalue weighted by molar-refractivity contribution is 9.09. The fraction of sp³-hybridized carbons (Fsp3) is 0.917. The summed E-state index contributed by atoms with van der Waals surface area (Å²) in [6, 6.07) is 0. The molecule has 0 heterocycles. The van der Waals surface area contributed by atoms with Crippen molar-refractivity contribution in [3.63, 3.8) is 0 Å². The van der Waals surface area contributed by atoms with E-state index in [4.69, 9.17) is 0 Å². The zero-order valence-electron chi connectivity index (χ0n) is 10.3. The topological polar surface area (TPSA) is 29.1 Å². The molecule has 0 aromatic heterocycles. The molecule has 0 aromatic carbocycles. The Morgan fingerprint density at radius 3 is 2.20 bits per heavy atom. The maximum Gasteiger partial charge on any atom is 0.220 e. The smallest absolute Gasteiger partial charge is 0.220 e. The van der Waals surface area contributed by atoms with Crippen molar-refractivity contribution in [1.82, 2.24) is 5.32 Å². The fourth-order valence-electron chi connectivity index (χ4n) is 1.62. The number of carbonyl (C=O) groups is 1. The predicted molar refractivity (Wildman–Crippen MR) is 69.3 cm³/mol. The number of amides is 1. The number of rotatable bonds is 7. The monoisotopic (exact) mass is 277 g/mol. The summed E-state index contributed by atoms with van der Waals surface area (Å²) in [5.74, 6) is 1.26. The molecule has 15 heavy (non-hydrogen) atoms. The first-order valence-corrected chi connectivity index (χ1v) is 6.83. The van der Waals surface area contributed by atoms with Crippen LogP contribution in [-0.4, -0.2) is 17.3 Å². The molecule has 0 bridgehead atoms. The van der Waals surface area contributed by atoms with Crippen LogP contribution in [0.4, 0.5) is 0 Å². The Morgan fingerprint density at radius 2 is 1.80 bits per heavy atom. The van der Waals surface area contributed by atoms with Crippen molar-refractivity contribution >= 4 is 21.8 Å². The van der Waals surface area contributed by atoms with Gasteiger partial charge in [-0.1, -0.05) is 56.5 Å². The van der Waals surface area contributed by atoms with Gasteiger partial charge in [-0.2, -0.15) is 0 Å². The van der Waals surface area contributed by atoms with Crippen LogP contribution in [0.5, 0.6) is 0 Å². The molecule has 3 heteroatoms. The van der Waals surface area contributed by atoms with E-state index in [2.05, 4.69) is 48.9 Å². The Morgan fingerprint density at radius 1 is 1.27 bits per heavy atom. The molecule has 0 saturated carbocycles. The summed E-state index contributed by atoms with van der Waals surface area (Å²) in [6.07, 6.45) is 2.95. The third kappa shape index (κ3) is 6.93. The number of hydrogen-bond acceptors (Lipinski definition) is 1. The summed E-state index contributed by atoms with van der Waals surface area (Å²) in [5, 5.41) is 2.98. The first-order valence-electron chi connectivity index (χ1n) is 5.91. The lowest BCUT2D eigenvalue weighted by molar-refractivity contribution is -0.121. The summed E-state index contributed by atoms with van der Waals surface area (Å²) in [4.78, 5) is 11.8. The van der Waals surface area contributed by atoms with Gasteiger partial charge < -0.3 is 5.32 Å². The lowest BCUT2D eigenvalue weighted by Crippen LogP contribution is -2.33. The SMILES string of the molecule is CCC(CC)C(Br)CNC(=O)CC(C)C. The highest BCUT2D eigenvalue weighted by atomic mass is 79.9. The van der Waals surface area contributed by atoms with Crippen molar-refractivity contribution in [2.45, 2.75) is 51.8 Å². The first-order chi connectivity index (χ1) is 7.01. The first kappa shape index (κ1) is 14.9. The lowest BCUT2D eigenvalue weighted by Gasteiger charge is -2.20. The van der Waals surface area contributed by atoms with Gasteiger partial charge in [-0.25, -0.2) is 0 Å². The zero-order chi connectivity index (χ0) is 11.8. The van der Waals surface area contributed by atoms with E-state index in [1.165, 1.54) is 0 Å². The minimum absolute atomic E-state index is 0.167. The Labute approximate surface area is 102 Å². The normalized spacial score (nSPS) is 13.3. The second-order valence-electron chi connectivity index (χ2n) is 4.49. The van der Waals surface area contributed by atoms with Gasteiger partial charge >= 0.3 is 0 Å². The molecule has 90 valence electrons. The van der Waals surface area contributed by atoms with E-state index in [0.29, 0.717) is 23.1 Å². The van der Waals surface area contributed by atoms with E-state index in [-0.39, 0.29) is 5.91 Å². The van der Waals surface area contributed by atoms with Crippen LogP contribution in [0.2, 0.25) is 0 Å². The highest BCUT2D eigenvalue weighted by Gasteiger charge is 2.16. The summed E-state index contributed by atoms with van der Waals surface area (Å²) in [5.41, 5.74) is 0. The van der Waals surface area contributed by atoms with Gasteiger partial charge in [0.15, 0.2) is 0 Å². The van der Waals surface area contributed by atoms with Crippen LogP contribution in [0.15, 0.2) is 0 Å².